The number of nitrogens with zero attached hydrogens (tertiary/aromatic N) is 2. The Morgan fingerprint density at radius 3 is 3.06 bits per heavy atom. The van der Waals surface area contributed by atoms with Crippen LogP contribution < -0.4 is 5.32 Å². The first-order valence-electron chi connectivity index (χ1n) is 6.63. The Kier molecular flexibility index (Phi) is 2.72. The molecule has 0 aliphatic carbocycles. The van der Waals surface area contributed by atoms with Crippen LogP contribution in [0.15, 0.2) is 0 Å². The maximum Gasteiger partial charge on any atom is 0.109 e. The SMILES string of the molecule is Cc1nc2n(c1C1CCCNC1)CCCC2. The van der Waals surface area contributed by atoms with Gasteiger partial charge in [-0.3, -0.25) is 0 Å². The number of fused-ring (bicyclic) bond motifs is 1. The quantitative estimate of drug-likeness (QED) is 0.783. The van der Waals surface area contributed by atoms with Gasteiger partial charge in [0.15, 0.2) is 0 Å². The fourth-order valence-electron chi connectivity index (χ4n) is 3.24. The van der Waals surface area contributed by atoms with Gasteiger partial charge in [0.05, 0.1) is 5.69 Å². The van der Waals surface area contributed by atoms with Crippen molar-refractivity contribution in [3.63, 3.8) is 0 Å². The zero-order valence-electron chi connectivity index (χ0n) is 10.1. The first-order chi connectivity index (χ1) is 7.86. The third-order valence-electron chi connectivity index (χ3n) is 3.99. The van der Waals surface area contributed by atoms with Crippen molar-refractivity contribution in [2.45, 2.75) is 51.5 Å². The molecule has 0 bridgehead atoms. The lowest BCUT2D eigenvalue weighted by molar-refractivity contribution is 0.423. The van der Waals surface area contributed by atoms with Gasteiger partial charge in [-0.25, -0.2) is 4.98 Å². The maximum atomic E-state index is 4.76. The van der Waals surface area contributed by atoms with Gasteiger partial charge in [0, 0.05) is 31.1 Å². The lowest BCUT2D eigenvalue weighted by Gasteiger charge is -2.26. The molecule has 0 spiro atoms. The molecule has 1 N–H and O–H groups in total. The summed E-state index contributed by atoms with van der Waals surface area (Å²) in [6.07, 6.45) is 6.47. The van der Waals surface area contributed by atoms with Crippen LogP contribution in [-0.4, -0.2) is 22.6 Å². The molecule has 2 aliphatic heterocycles. The van der Waals surface area contributed by atoms with Crippen molar-refractivity contribution in [3.8, 4) is 0 Å². The van der Waals surface area contributed by atoms with Crippen molar-refractivity contribution < 1.29 is 0 Å². The summed E-state index contributed by atoms with van der Waals surface area (Å²) >= 11 is 0. The number of aryl methyl sites for hydroxylation is 2. The summed E-state index contributed by atoms with van der Waals surface area (Å²) in [4.78, 5) is 4.76. The Bertz CT molecular complexity index is 375. The summed E-state index contributed by atoms with van der Waals surface area (Å²) < 4.78 is 2.51. The molecule has 0 amide bonds. The molecule has 1 atom stereocenters. The minimum atomic E-state index is 0.702. The molecule has 0 saturated carbocycles. The van der Waals surface area contributed by atoms with Gasteiger partial charge >= 0.3 is 0 Å². The first-order valence-corrected chi connectivity index (χ1v) is 6.63. The van der Waals surface area contributed by atoms with E-state index < -0.39 is 0 Å². The van der Waals surface area contributed by atoms with Crippen LogP contribution in [0.1, 0.15) is 48.8 Å². The molecular formula is C13H21N3. The van der Waals surface area contributed by atoms with Crippen molar-refractivity contribution in [2.75, 3.05) is 13.1 Å². The highest BCUT2D eigenvalue weighted by molar-refractivity contribution is 5.22. The zero-order chi connectivity index (χ0) is 11.0. The molecular weight excluding hydrogens is 198 g/mol. The lowest BCUT2D eigenvalue weighted by Crippen LogP contribution is -2.30. The maximum absolute atomic E-state index is 4.76. The summed E-state index contributed by atoms with van der Waals surface area (Å²) in [7, 11) is 0. The van der Waals surface area contributed by atoms with Gasteiger partial charge in [0.2, 0.25) is 0 Å². The first kappa shape index (κ1) is 10.3. The fraction of sp³-hybridized carbons (Fsp3) is 0.769. The number of nitrogens with one attached hydrogen (secondary N) is 1. The van der Waals surface area contributed by atoms with Crippen LogP contribution in [0.5, 0.6) is 0 Å². The number of piperidine rings is 1. The molecule has 0 aromatic carbocycles. The van der Waals surface area contributed by atoms with Crippen LogP contribution in [0.25, 0.3) is 0 Å². The molecule has 1 aromatic rings. The molecule has 3 rings (SSSR count). The number of aromatic nitrogens is 2. The molecule has 1 unspecified atom stereocenters. The summed E-state index contributed by atoms with van der Waals surface area (Å²) in [6, 6.07) is 0. The third kappa shape index (κ3) is 1.67. The van der Waals surface area contributed by atoms with Gasteiger partial charge in [-0.15, -0.1) is 0 Å². The second-order valence-corrected chi connectivity index (χ2v) is 5.15. The van der Waals surface area contributed by atoms with Gasteiger partial charge in [-0.1, -0.05) is 0 Å². The van der Waals surface area contributed by atoms with E-state index in [1.54, 1.807) is 0 Å². The fourth-order valence-corrected chi connectivity index (χ4v) is 3.24. The Morgan fingerprint density at radius 1 is 1.31 bits per heavy atom. The van der Waals surface area contributed by atoms with E-state index in [0.29, 0.717) is 5.92 Å². The van der Waals surface area contributed by atoms with E-state index in [1.807, 2.05) is 0 Å². The highest BCUT2D eigenvalue weighted by Gasteiger charge is 2.25. The predicted molar refractivity (Wildman–Crippen MR) is 64.7 cm³/mol. The van der Waals surface area contributed by atoms with Crippen molar-refractivity contribution >= 4 is 0 Å². The third-order valence-corrected chi connectivity index (χ3v) is 3.99. The molecule has 3 heteroatoms. The van der Waals surface area contributed by atoms with E-state index in [1.165, 1.54) is 62.4 Å². The van der Waals surface area contributed by atoms with Crippen LogP contribution in [0, 0.1) is 6.92 Å². The molecule has 1 fully saturated rings. The average molecular weight is 219 g/mol. The van der Waals surface area contributed by atoms with Crippen LogP contribution in [0.3, 0.4) is 0 Å². The van der Waals surface area contributed by atoms with E-state index in [-0.39, 0.29) is 0 Å². The van der Waals surface area contributed by atoms with Crippen LogP contribution in [0.2, 0.25) is 0 Å². The molecule has 3 heterocycles. The Morgan fingerprint density at radius 2 is 2.25 bits per heavy atom. The second kappa shape index (κ2) is 4.21. The number of rotatable bonds is 1. The Hall–Kier alpha value is -0.830. The minimum Gasteiger partial charge on any atom is -0.331 e. The topological polar surface area (TPSA) is 29.9 Å². The van der Waals surface area contributed by atoms with E-state index in [4.69, 9.17) is 4.98 Å². The predicted octanol–water partition coefficient (Wildman–Crippen LogP) is 1.99. The minimum absolute atomic E-state index is 0.702. The van der Waals surface area contributed by atoms with E-state index in [0.717, 1.165) is 6.54 Å². The molecule has 1 aromatic heterocycles. The van der Waals surface area contributed by atoms with Crippen LogP contribution >= 0.6 is 0 Å². The van der Waals surface area contributed by atoms with E-state index >= 15 is 0 Å². The number of hydrogen-bond donors (Lipinski definition) is 1. The molecule has 88 valence electrons. The van der Waals surface area contributed by atoms with Gasteiger partial charge in [-0.05, 0) is 39.2 Å². The van der Waals surface area contributed by atoms with Crippen LogP contribution in [-0.2, 0) is 13.0 Å². The molecule has 16 heavy (non-hydrogen) atoms. The van der Waals surface area contributed by atoms with Crippen molar-refractivity contribution in [2.24, 2.45) is 0 Å². The van der Waals surface area contributed by atoms with Crippen LogP contribution in [0.4, 0.5) is 0 Å². The zero-order valence-corrected chi connectivity index (χ0v) is 10.1. The van der Waals surface area contributed by atoms with E-state index in [2.05, 4.69) is 16.8 Å². The van der Waals surface area contributed by atoms with E-state index in [9.17, 15) is 0 Å². The Balaban J connectivity index is 1.95. The normalized spacial score (nSPS) is 25.4. The van der Waals surface area contributed by atoms with Gasteiger partial charge in [-0.2, -0.15) is 0 Å². The van der Waals surface area contributed by atoms with Crippen molar-refractivity contribution in [1.29, 1.82) is 0 Å². The standard InChI is InChI=1S/C13H21N3/c1-10-13(11-5-4-7-14-9-11)16-8-3-2-6-12(16)15-10/h11,14H,2-9H2,1H3. The smallest absolute Gasteiger partial charge is 0.109 e. The molecule has 1 saturated heterocycles. The second-order valence-electron chi connectivity index (χ2n) is 5.15. The summed E-state index contributed by atoms with van der Waals surface area (Å²) in [5.41, 5.74) is 2.81. The Labute approximate surface area is 97.3 Å². The van der Waals surface area contributed by atoms with Gasteiger partial charge in [0.25, 0.3) is 0 Å². The van der Waals surface area contributed by atoms with Crippen molar-refractivity contribution in [3.05, 3.63) is 17.2 Å². The van der Waals surface area contributed by atoms with Gasteiger partial charge < -0.3 is 9.88 Å². The average Bonchev–Trinajstić information content (AvgIpc) is 2.66. The summed E-state index contributed by atoms with van der Waals surface area (Å²) in [6.45, 7) is 5.72. The number of hydrogen-bond acceptors (Lipinski definition) is 2. The highest BCUT2D eigenvalue weighted by atomic mass is 15.1. The summed E-state index contributed by atoms with van der Waals surface area (Å²) in [5, 5.41) is 3.52. The summed E-state index contributed by atoms with van der Waals surface area (Å²) in [5.74, 6) is 2.04. The highest BCUT2D eigenvalue weighted by Crippen LogP contribution is 2.29. The lowest BCUT2D eigenvalue weighted by atomic mass is 9.94. The monoisotopic (exact) mass is 219 g/mol. The number of imidazole rings is 1. The molecule has 0 radical (unpaired) electrons. The van der Waals surface area contributed by atoms with Gasteiger partial charge in [0.1, 0.15) is 5.82 Å². The van der Waals surface area contributed by atoms with Crippen molar-refractivity contribution in [1.82, 2.24) is 14.9 Å². The molecule has 3 nitrogen and oxygen atoms in total. The molecule has 2 aliphatic rings. The largest absolute Gasteiger partial charge is 0.331 e.